The Labute approximate surface area is 182 Å². The highest BCUT2D eigenvalue weighted by Gasteiger charge is 2.14. The van der Waals surface area contributed by atoms with Gasteiger partial charge in [0.2, 0.25) is 5.62 Å². The van der Waals surface area contributed by atoms with Crippen LogP contribution in [0, 0.1) is 10.8 Å². The van der Waals surface area contributed by atoms with Crippen LogP contribution in [0.25, 0.3) is 22.0 Å². The van der Waals surface area contributed by atoms with Crippen molar-refractivity contribution >= 4 is 46.3 Å². The van der Waals surface area contributed by atoms with Crippen molar-refractivity contribution < 1.29 is 9.90 Å². The zero-order valence-corrected chi connectivity index (χ0v) is 17.3. The van der Waals surface area contributed by atoms with E-state index >= 15 is 0 Å². The summed E-state index contributed by atoms with van der Waals surface area (Å²) in [6.07, 6.45) is 1.04. The molecule has 0 saturated carbocycles. The zero-order valence-electron chi connectivity index (χ0n) is 16.5. The molecule has 0 aliphatic rings. The Hall–Kier alpha value is -3.97. The van der Waals surface area contributed by atoms with Crippen LogP contribution in [0.15, 0.2) is 66.7 Å². The summed E-state index contributed by atoms with van der Waals surface area (Å²) in [5.41, 5.74) is 3.43. The van der Waals surface area contributed by atoms with Crippen LogP contribution in [0.4, 0.5) is 11.5 Å². The van der Waals surface area contributed by atoms with Gasteiger partial charge in [0.25, 0.3) is 0 Å². The van der Waals surface area contributed by atoms with Gasteiger partial charge in [0.05, 0.1) is 17.4 Å². The minimum absolute atomic E-state index is 0.0768. The van der Waals surface area contributed by atoms with Gasteiger partial charge in [-0.05, 0) is 53.6 Å². The molecule has 0 radical (unpaired) electrons. The Morgan fingerprint density at radius 3 is 2.52 bits per heavy atom. The normalized spacial score (nSPS) is 10.8. The van der Waals surface area contributed by atoms with Gasteiger partial charge in [-0.15, -0.1) is 0 Å². The molecule has 7 nitrogen and oxygen atoms in total. The molecule has 0 amide bonds. The highest BCUT2D eigenvalue weighted by Crippen LogP contribution is 2.32. The largest absolute Gasteiger partial charge is 0.478 e. The number of halogens is 1. The molecule has 0 aliphatic heterocycles. The molecule has 3 aromatic carbocycles. The van der Waals surface area contributed by atoms with E-state index in [9.17, 15) is 4.79 Å². The summed E-state index contributed by atoms with van der Waals surface area (Å²) in [6, 6.07) is 19.7. The number of carbonyl (C=O) groups is 1. The first-order chi connectivity index (χ1) is 14.9. The van der Waals surface area contributed by atoms with Gasteiger partial charge in [-0.25, -0.2) is 4.79 Å². The van der Waals surface area contributed by atoms with Crippen LogP contribution >= 0.6 is 11.6 Å². The molecule has 1 heterocycles. The lowest BCUT2D eigenvalue weighted by Crippen LogP contribution is -2.26. The number of nitrogens with one attached hydrogen (secondary N) is 2. The van der Waals surface area contributed by atoms with E-state index in [4.69, 9.17) is 27.5 Å². The molecule has 8 heteroatoms. The molecule has 0 bridgehead atoms. The van der Waals surface area contributed by atoms with Gasteiger partial charge < -0.3 is 10.0 Å². The molecule has 3 N–H and O–H groups in total. The average molecular weight is 432 g/mol. The topological polar surface area (TPSA) is 106 Å². The van der Waals surface area contributed by atoms with Crippen LogP contribution in [0.3, 0.4) is 0 Å². The molecule has 4 aromatic rings. The third-order valence-corrected chi connectivity index (χ3v) is 5.28. The van der Waals surface area contributed by atoms with E-state index in [2.05, 4.69) is 4.98 Å². The number of benzene rings is 3. The highest BCUT2D eigenvalue weighted by molar-refractivity contribution is 6.31. The number of carboxylic acid groups (broad SMARTS) is 1. The Morgan fingerprint density at radius 2 is 1.84 bits per heavy atom. The average Bonchev–Trinajstić information content (AvgIpc) is 2.78. The molecule has 4 rings (SSSR count). The maximum Gasteiger partial charge on any atom is 0.335 e. The Bertz CT molecular complexity index is 1380. The summed E-state index contributed by atoms with van der Waals surface area (Å²) in [5, 5.41) is 26.2. The van der Waals surface area contributed by atoms with Crippen molar-refractivity contribution in [3.05, 3.63) is 82.9 Å². The summed E-state index contributed by atoms with van der Waals surface area (Å²) in [5.74, 6) is -0.399. The van der Waals surface area contributed by atoms with Gasteiger partial charge in [-0.1, -0.05) is 35.9 Å². The summed E-state index contributed by atoms with van der Waals surface area (Å²) in [4.78, 5) is 17.4. The van der Waals surface area contributed by atoms with Crippen LogP contribution in [0.5, 0.6) is 0 Å². The molecule has 0 fully saturated rings. The second kappa shape index (κ2) is 8.04. The lowest BCUT2D eigenvalue weighted by molar-refractivity contribution is 0.0697. The van der Waals surface area contributed by atoms with E-state index in [1.54, 1.807) is 36.4 Å². The second-order valence-corrected chi connectivity index (χ2v) is 7.35. The molecule has 0 unspecified atom stereocenters. The molecule has 31 heavy (non-hydrogen) atoms. The molecule has 0 saturated heterocycles. The van der Waals surface area contributed by atoms with Gasteiger partial charge in [-0.3, -0.25) is 15.4 Å². The number of fused-ring (bicyclic) bond motifs is 1. The lowest BCUT2D eigenvalue weighted by Gasteiger charge is -2.22. The summed E-state index contributed by atoms with van der Waals surface area (Å²) in [7, 11) is 1.86. The first-order valence-corrected chi connectivity index (χ1v) is 9.71. The number of aromatic nitrogens is 2. The minimum Gasteiger partial charge on any atom is -0.478 e. The van der Waals surface area contributed by atoms with Gasteiger partial charge in [0.1, 0.15) is 5.82 Å². The first kappa shape index (κ1) is 20.3. The standard InChI is InChI=1S/C23H18ClN5O2/c1-28(21-19-10-9-17(24)12-20(19)29(13-25)23(26)27-21)18-4-2-3-16(11-18)14-5-7-15(8-6-14)22(30)31/h2-13,25-26H,1H3,(H,30,31). The van der Waals surface area contributed by atoms with Crippen LogP contribution in [-0.2, 0) is 0 Å². The fraction of sp³-hybridized carbons (Fsp3) is 0.0435. The van der Waals surface area contributed by atoms with Crippen molar-refractivity contribution in [2.45, 2.75) is 0 Å². The molecule has 0 aliphatic carbocycles. The Balaban J connectivity index is 1.81. The van der Waals surface area contributed by atoms with Gasteiger partial charge in [0.15, 0.2) is 0 Å². The van der Waals surface area contributed by atoms with E-state index in [0.717, 1.165) is 28.5 Å². The summed E-state index contributed by atoms with van der Waals surface area (Å²) in [6.45, 7) is 0. The number of aromatic carboxylic acids is 1. The van der Waals surface area contributed by atoms with E-state index in [1.165, 1.54) is 4.57 Å². The number of carboxylic acids is 1. The van der Waals surface area contributed by atoms with Crippen molar-refractivity contribution in [1.29, 1.82) is 10.8 Å². The molecule has 1 aromatic heterocycles. The third-order valence-electron chi connectivity index (χ3n) is 5.05. The van der Waals surface area contributed by atoms with Gasteiger partial charge >= 0.3 is 5.97 Å². The Morgan fingerprint density at radius 1 is 1.10 bits per heavy atom. The zero-order chi connectivity index (χ0) is 22.1. The maximum absolute atomic E-state index is 11.1. The number of anilines is 2. The van der Waals surface area contributed by atoms with Crippen LogP contribution in [0.1, 0.15) is 10.4 Å². The SMILES string of the molecule is CN(c1cccc(-c2ccc(C(=O)O)cc2)c1)c1nc(=N)n(C=N)c2cc(Cl)ccc12. The molecule has 0 atom stereocenters. The van der Waals surface area contributed by atoms with Gasteiger partial charge in [0, 0.05) is 23.1 Å². The van der Waals surface area contributed by atoms with Crippen molar-refractivity contribution in [2.75, 3.05) is 11.9 Å². The Kier molecular flexibility index (Phi) is 5.27. The molecule has 0 spiro atoms. The molecule has 154 valence electrons. The van der Waals surface area contributed by atoms with E-state index in [1.807, 2.05) is 42.3 Å². The van der Waals surface area contributed by atoms with Crippen molar-refractivity contribution in [3.8, 4) is 11.1 Å². The van der Waals surface area contributed by atoms with E-state index < -0.39 is 5.97 Å². The highest BCUT2D eigenvalue weighted by atomic mass is 35.5. The van der Waals surface area contributed by atoms with Crippen LogP contribution in [-0.4, -0.2) is 34.0 Å². The van der Waals surface area contributed by atoms with Crippen molar-refractivity contribution in [3.63, 3.8) is 0 Å². The van der Waals surface area contributed by atoms with Crippen molar-refractivity contribution in [2.24, 2.45) is 0 Å². The number of nitrogens with zero attached hydrogens (tertiary/aromatic N) is 3. The predicted molar refractivity (Wildman–Crippen MR) is 122 cm³/mol. The maximum atomic E-state index is 11.1. The predicted octanol–water partition coefficient (Wildman–Crippen LogP) is 4.76. The quantitative estimate of drug-likeness (QED) is 0.313. The lowest BCUT2D eigenvalue weighted by atomic mass is 10.0. The third kappa shape index (κ3) is 3.78. The van der Waals surface area contributed by atoms with Crippen molar-refractivity contribution in [1.82, 2.24) is 9.55 Å². The van der Waals surface area contributed by atoms with Crippen LogP contribution in [0.2, 0.25) is 5.02 Å². The van der Waals surface area contributed by atoms with E-state index in [0.29, 0.717) is 16.4 Å². The van der Waals surface area contributed by atoms with E-state index in [-0.39, 0.29) is 11.2 Å². The van der Waals surface area contributed by atoms with Crippen LogP contribution < -0.4 is 10.5 Å². The molecular formula is C23H18ClN5O2. The smallest absolute Gasteiger partial charge is 0.335 e. The number of hydrogen-bond acceptors (Lipinski definition) is 5. The number of hydrogen-bond donors (Lipinski definition) is 3. The second-order valence-electron chi connectivity index (χ2n) is 6.91. The molecular weight excluding hydrogens is 414 g/mol. The van der Waals surface area contributed by atoms with Gasteiger partial charge in [-0.2, -0.15) is 4.98 Å². The fourth-order valence-corrected chi connectivity index (χ4v) is 3.60. The summed E-state index contributed by atoms with van der Waals surface area (Å²) < 4.78 is 1.36. The number of rotatable bonds is 5. The first-order valence-electron chi connectivity index (χ1n) is 9.33. The minimum atomic E-state index is -0.962. The monoisotopic (exact) mass is 431 g/mol. The fourth-order valence-electron chi connectivity index (χ4n) is 3.43. The summed E-state index contributed by atoms with van der Waals surface area (Å²) >= 11 is 6.15.